The van der Waals surface area contributed by atoms with E-state index in [1.807, 2.05) is 6.92 Å². The van der Waals surface area contributed by atoms with Gasteiger partial charge in [-0.1, -0.05) is 30.1 Å². The van der Waals surface area contributed by atoms with Gasteiger partial charge in [0.05, 0.1) is 19.3 Å². The molecular weight excluding hydrogens is 354 g/mol. The zero-order valence-electron chi connectivity index (χ0n) is 14.7. The predicted octanol–water partition coefficient (Wildman–Crippen LogP) is -1.22. The second-order valence-electron chi connectivity index (χ2n) is 5.73. The lowest BCUT2D eigenvalue weighted by Gasteiger charge is -2.14. The average Bonchev–Trinajstić information content (AvgIpc) is 3.01. The summed E-state index contributed by atoms with van der Waals surface area (Å²) in [5.41, 5.74) is -1.36. The number of ether oxygens (including phenoxy) is 1. The summed E-state index contributed by atoms with van der Waals surface area (Å²) in [4.78, 5) is 37.5. The number of carbonyl (C=O) groups is 1. The first-order valence-corrected chi connectivity index (χ1v) is 8.32. The highest BCUT2D eigenvalue weighted by Gasteiger charge is 2.35. The van der Waals surface area contributed by atoms with Gasteiger partial charge < -0.3 is 20.3 Å². The molecule has 0 aliphatic carbocycles. The van der Waals surface area contributed by atoms with Crippen LogP contribution in [-0.2, 0) is 9.53 Å². The molecular formula is C18H21N3O6. The van der Waals surface area contributed by atoms with Crippen molar-refractivity contribution >= 4 is 5.91 Å². The van der Waals surface area contributed by atoms with Crippen molar-refractivity contribution in [2.75, 3.05) is 13.2 Å². The van der Waals surface area contributed by atoms with Gasteiger partial charge in [-0.15, -0.1) is 0 Å². The van der Waals surface area contributed by atoms with E-state index in [0.29, 0.717) is 0 Å². The quantitative estimate of drug-likeness (QED) is 0.290. The fourth-order valence-electron chi connectivity index (χ4n) is 2.42. The summed E-state index contributed by atoms with van der Waals surface area (Å²) < 4.78 is 6.52. The largest absolute Gasteiger partial charge is 0.394 e. The van der Waals surface area contributed by atoms with Gasteiger partial charge in [-0.2, -0.15) is 0 Å². The fourth-order valence-corrected chi connectivity index (χ4v) is 2.42. The van der Waals surface area contributed by atoms with Crippen LogP contribution in [0.3, 0.4) is 0 Å². The van der Waals surface area contributed by atoms with Gasteiger partial charge in [-0.05, 0) is 6.92 Å². The van der Waals surface area contributed by atoms with Crippen LogP contribution in [0.25, 0.3) is 0 Å². The molecule has 1 aromatic heterocycles. The van der Waals surface area contributed by atoms with Gasteiger partial charge in [0.2, 0.25) is 5.91 Å². The number of aliphatic hydroxyl groups excluding tert-OH is 2. The van der Waals surface area contributed by atoms with E-state index in [9.17, 15) is 19.5 Å². The maximum atomic E-state index is 12.0. The molecule has 1 amide bonds. The zero-order chi connectivity index (χ0) is 19.8. The molecule has 4 N–H and O–H groups in total. The molecule has 9 nitrogen and oxygen atoms in total. The Hall–Kier alpha value is -2.93. The monoisotopic (exact) mass is 375 g/mol. The Labute approximate surface area is 155 Å². The van der Waals surface area contributed by atoms with Gasteiger partial charge in [0.25, 0.3) is 5.56 Å². The van der Waals surface area contributed by atoms with E-state index >= 15 is 0 Å². The molecule has 0 unspecified atom stereocenters. The molecule has 1 saturated heterocycles. The topological polar surface area (TPSA) is 134 Å². The first-order valence-electron chi connectivity index (χ1n) is 8.32. The number of amides is 1. The minimum absolute atomic E-state index is 0.0128. The summed E-state index contributed by atoms with van der Waals surface area (Å²) in [6.07, 6.45) is 5.20. The summed E-state index contributed by atoms with van der Waals surface area (Å²) >= 11 is 0. The summed E-state index contributed by atoms with van der Waals surface area (Å²) in [7, 11) is 0. The third-order valence-electron chi connectivity index (χ3n) is 3.79. The predicted molar refractivity (Wildman–Crippen MR) is 96.8 cm³/mol. The van der Waals surface area contributed by atoms with E-state index in [0.717, 1.165) is 4.57 Å². The van der Waals surface area contributed by atoms with Crippen LogP contribution in [-0.4, -0.2) is 51.0 Å². The van der Waals surface area contributed by atoms with Crippen LogP contribution in [0.2, 0.25) is 0 Å². The van der Waals surface area contributed by atoms with Crippen molar-refractivity contribution < 1.29 is 19.7 Å². The SMILES string of the molecule is C/C=C/C=C/C(=O)NCC#Cc1cn([C@H]2C[C@H](O)[C@@H](CO)O2)c(=O)[nH]c1=O. The van der Waals surface area contributed by atoms with Gasteiger partial charge in [0.15, 0.2) is 0 Å². The zero-order valence-corrected chi connectivity index (χ0v) is 14.7. The number of hydrogen-bond acceptors (Lipinski definition) is 6. The van der Waals surface area contributed by atoms with E-state index in [1.165, 1.54) is 12.3 Å². The third-order valence-corrected chi connectivity index (χ3v) is 3.79. The molecule has 3 atom stereocenters. The van der Waals surface area contributed by atoms with Gasteiger partial charge in [0.1, 0.15) is 17.9 Å². The number of hydrogen-bond donors (Lipinski definition) is 4. The summed E-state index contributed by atoms with van der Waals surface area (Å²) in [5.74, 6) is 4.89. The molecule has 0 radical (unpaired) electrons. The molecule has 0 aromatic carbocycles. The lowest BCUT2D eigenvalue weighted by molar-refractivity contribution is -0.116. The van der Waals surface area contributed by atoms with Crippen molar-refractivity contribution in [3.05, 3.63) is 56.9 Å². The molecule has 2 rings (SSSR count). The number of allylic oxidation sites excluding steroid dienone is 3. The minimum Gasteiger partial charge on any atom is -0.394 e. The number of aromatic nitrogens is 2. The molecule has 144 valence electrons. The van der Waals surface area contributed by atoms with Crippen LogP contribution in [0.1, 0.15) is 25.1 Å². The number of rotatable bonds is 5. The number of aromatic amines is 1. The molecule has 0 saturated carbocycles. The molecule has 1 fully saturated rings. The number of carbonyl (C=O) groups excluding carboxylic acids is 1. The first kappa shape index (κ1) is 20.4. The number of nitrogens with one attached hydrogen (secondary N) is 2. The Morgan fingerprint density at radius 2 is 2.26 bits per heavy atom. The maximum absolute atomic E-state index is 12.0. The highest BCUT2D eigenvalue weighted by molar-refractivity contribution is 5.87. The van der Waals surface area contributed by atoms with Crippen LogP contribution in [0, 0.1) is 11.8 Å². The Balaban J connectivity index is 2.10. The fraction of sp³-hybridized carbons (Fsp3) is 0.389. The molecule has 1 aliphatic rings. The van der Waals surface area contributed by atoms with E-state index in [2.05, 4.69) is 22.1 Å². The van der Waals surface area contributed by atoms with Crippen molar-refractivity contribution in [1.82, 2.24) is 14.9 Å². The summed E-state index contributed by atoms with van der Waals surface area (Å²) in [5, 5.41) is 21.4. The molecule has 9 heteroatoms. The second kappa shape index (κ2) is 9.68. The van der Waals surface area contributed by atoms with Gasteiger partial charge in [-0.3, -0.25) is 19.1 Å². The number of H-pyrrole nitrogens is 1. The molecule has 0 spiro atoms. The van der Waals surface area contributed by atoms with Crippen LogP contribution in [0.4, 0.5) is 0 Å². The minimum atomic E-state index is -0.917. The smallest absolute Gasteiger partial charge is 0.330 e. The van der Waals surface area contributed by atoms with Crippen molar-refractivity contribution in [2.45, 2.75) is 31.8 Å². The Kier molecular flexibility index (Phi) is 7.31. The van der Waals surface area contributed by atoms with Gasteiger partial charge >= 0.3 is 5.69 Å². The van der Waals surface area contributed by atoms with Gasteiger partial charge in [0, 0.05) is 18.7 Å². The van der Waals surface area contributed by atoms with Crippen LogP contribution in [0.15, 0.2) is 40.1 Å². The second-order valence-corrected chi connectivity index (χ2v) is 5.73. The Bertz CT molecular complexity index is 902. The molecule has 1 aliphatic heterocycles. The van der Waals surface area contributed by atoms with E-state index in [4.69, 9.17) is 9.84 Å². The average molecular weight is 375 g/mol. The highest BCUT2D eigenvalue weighted by atomic mass is 16.5. The lowest BCUT2D eigenvalue weighted by Crippen LogP contribution is -2.33. The van der Waals surface area contributed by atoms with Gasteiger partial charge in [-0.25, -0.2) is 4.79 Å². The normalized spacial score (nSPS) is 22.1. The summed E-state index contributed by atoms with van der Waals surface area (Å²) in [6, 6.07) is 0. The van der Waals surface area contributed by atoms with E-state index < -0.39 is 29.7 Å². The highest BCUT2D eigenvalue weighted by Crippen LogP contribution is 2.27. The molecule has 2 heterocycles. The number of aliphatic hydroxyl groups is 2. The lowest BCUT2D eigenvalue weighted by atomic mass is 10.2. The third kappa shape index (κ3) is 5.52. The van der Waals surface area contributed by atoms with Crippen molar-refractivity contribution in [2.24, 2.45) is 0 Å². The van der Waals surface area contributed by atoms with Crippen molar-refractivity contribution in [3.8, 4) is 11.8 Å². The van der Waals surface area contributed by atoms with E-state index in [-0.39, 0.29) is 31.0 Å². The Morgan fingerprint density at radius 3 is 2.93 bits per heavy atom. The molecule has 0 bridgehead atoms. The Morgan fingerprint density at radius 1 is 1.48 bits per heavy atom. The maximum Gasteiger partial charge on any atom is 0.330 e. The summed E-state index contributed by atoms with van der Waals surface area (Å²) in [6.45, 7) is 1.46. The van der Waals surface area contributed by atoms with Crippen molar-refractivity contribution in [1.29, 1.82) is 0 Å². The standard InChI is InChI=1S/C18H21N3O6/c1-2-3-4-7-15(24)19-8-5-6-12-10-21(18(26)20-17(12)25)16-9-13(23)14(11-22)27-16/h2-4,7,10,13-14,16,22-23H,8-9,11H2,1H3,(H,19,24)(H,20,25,26)/b3-2+,7-4+/t13-,14+,16+/m0/s1. The van der Waals surface area contributed by atoms with E-state index in [1.54, 1.807) is 18.2 Å². The first-order chi connectivity index (χ1) is 13.0. The number of nitrogens with zero attached hydrogens (tertiary/aromatic N) is 1. The van der Waals surface area contributed by atoms with Crippen LogP contribution >= 0.6 is 0 Å². The van der Waals surface area contributed by atoms with Crippen LogP contribution in [0.5, 0.6) is 0 Å². The molecule has 27 heavy (non-hydrogen) atoms. The molecule has 1 aromatic rings. The van der Waals surface area contributed by atoms with Crippen molar-refractivity contribution in [3.63, 3.8) is 0 Å². The van der Waals surface area contributed by atoms with Crippen LogP contribution < -0.4 is 16.6 Å².